The third-order valence-electron chi connectivity index (χ3n) is 4.88. The van der Waals surface area contributed by atoms with Gasteiger partial charge in [-0.05, 0) is 23.8 Å². The first-order valence-electron chi connectivity index (χ1n) is 9.65. The van der Waals surface area contributed by atoms with E-state index >= 15 is 0 Å². The molecule has 9 heteroatoms. The van der Waals surface area contributed by atoms with Crippen molar-refractivity contribution >= 4 is 11.5 Å². The van der Waals surface area contributed by atoms with Crippen LogP contribution in [0.3, 0.4) is 0 Å². The summed E-state index contributed by atoms with van der Waals surface area (Å²) >= 11 is 0. The van der Waals surface area contributed by atoms with Gasteiger partial charge in [-0.25, -0.2) is 9.97 Å². The van der Waals surface area contributed by atoms with Gasteiger partial charge in [0.2, 0.25) is 11.6 Å². The summed E-state index contributed by atoms with van der Waals surface area (Å²) in [4.78, 5) is 8.52. The lowest BCUT2D eigenvalue weighted by Crippen LogP contribution is -2.22. The first-order chi connectivity index (χ1) is 15.1. The molecule has 1 aliphatic rings. The van der Waals surface area contributed by atoms with Crippen LogP contribution in [0.1, 0.15) is 17.2 Å². The molecule has 3 heterocycles. The minimum absolute atomic E-state index is 0.299. The van der Waals surface area contributed by atoms with Gasteiger partial charge in [-0.3, -0.25) is 0 Å². The molecule has 4 rings (SSSR count). The number of nitrogen functional groups attached to an aromatic ring is 1. The number of ether oxygens (including phenoxy) is 5. The Balaban J connectivity index is 1.51. The second kappa shape index (κ2) is 8.86. The first kappa shape index (κ1) is 20.4. The van der Waals surface area contributed by atoms with E-state index in [0.29, 0.717) is 53.5 Å². The summed E-state index contributed by atoms with van der Waals surface area (Å²) in [6.45, 7) is 0.830. The van der Waals surface area contributed by atoms with E-state index in [-0.39, 0.29) is 6.10 Å². The van der Waals surface area contributed by atoms with E-state index in [9.17, 15) is 0 Å². The molecule has 0 radical (unpaired) electrons. The Morgan fingerprint density at radius 3 is 2.61 bits per heavy atom. The number of nitrogens with one attached hydrogen (secondary N) is 1. The summed E-state index contributed by atoms with van der Waals surface area (Å²) in [7, 11) is 4.74. The molecule has 0 spiro atoms. The molecule has 3 aromatic rings. The summed E-state index contributed by atoms with van der Waals surface area (Å²) in [5.74, 6) is 3.47. The largest absolute Gasteiger partial charge is 0.495 e. The molecule has 1 aromatic carbocycles. The molecule has 1 aliphatic heterocycles. The monoisotopic (exact) mass is 424 g/mol. The standard InChI is InChI=1S/C22H24N4O5/c1-27-15-8-16(23)22(26-11-15)25-9-13-6-17(28-2)21-18(7-13)30-12-19(31-21)14-4-5-20(29-3)24-10-14/h4-8,10-11,19H,9,12,23H2,1-3H3,(H,25,26). The van der Waals surface area contributed by atoms with Crippen LogP contribution in [0.5, 0.6) is 28.9 Å². The van der Waals surface area contributed by atoms with Gasteiger partial charge in [0.05, 0.1) is 33.2 Å². The summed E-state index contributed by atoms with van der Waals surface area (Å²) in [6, 6.07) is 9.21. The van der Waals surface area contributed by atoms with Gasteiger partial charge in [-0.15, -0.1) is 0 Å². The van der Waals surface area contributed by atoms with Crippen LogP contribution >= 0.6 is 0 Å². The fourth-order valence-corrected chi connectivity index (χ4v) is 3.22. The maximum atomic E-state index is 6.18. The number of methoxy groups -OCH3 is 3. The van der Waals surface area contributed by atoms with Crippen molar-refractivity contribution in [1.82, 2.24) is 9.97 Å². The van der Waals surface area contributed by atoms with Gasteiger partial charge in [0.1, 0.15) is 18.2 Å². The highest BCUT2D eigenvalue weighted by molar-refractivity contribution is 5.63. The molecule has 0 aliphatic carbocycles. The van der Waals surface area contributed by atoms with Gasteiger partial charge in [-0.2, -0.15) is 0 Å². The second-order valence-corrected chi connectivity index (χ2v) is 6.84. The molecule has 0 saturated carbocycles. The lowest BCUT2D eigenvalue weighted by Gasteiger charge is -2.28. The zero-order valence-corrected chi connectivity index (χ0v) is 17.5. The predicted molar refractivity (Wildman–Crippen MR) is 115 cm³/mol. The zero-order chi connectivity index (χ0) is 21.8. The van der Waals surface area contributed by atoms with Gasteiger partial charge in [0.25, 0.3) is 0 Å². The average molecular weight is 424 g/mol. The summed E-state index contributed by atoms with van der Waals surface area (Å²) in [5, 5.41) is 3.22. The van der Waals surface area contributed by atoms with Crippen LogP contribution < -0.4 is 34.7 Å². The topological polar surface area (TPSA) is 110 Å². The number of nitrogens with two attached hydrogens (primary N) is 1. The predicted octanol–water partition coefficient (Wildman–Crippen LogP) is 3.21. The molecule has 0 fully saturated rings. The molecular weight excluding hydrogens is 400 g/mol. The highest BCUT2D eigenvalue weighted by atomic mass is 16.6. The molecule has 0 saturated heterocycles. The lowest BCUT2D eigenvalue weighted by atomic mass is 10.1. The van der Waals surface area contributed by atoms with Crippen molar-refractivity contribution < 1.29 is 23.7 Å². The van der Waals surface area contributed by atoms with E-state index < -0.39 is 0 Å². The zero-order valence-electron chi connectivity index (χ0n) is 17.5. The molecule has 1 atom stereocenters. The smallest absolute Gasteiger partial charge is 0.212 e. The SMILES string of the molecule is COc1cnc(NCc2cc(OC)c3c(c2)OCC(c2ccc(OC)nc2)O3)c(N)c1. The Labute approximate surface area is 180 Å². The Morgan fingerprint density at radius 1 is 1.06 bits per heavy atom. The molecule has 162 valence electrons. The van der Waals surface area contributed by atoms with Crippen molar-refractivity contribution in [2.24, 2.45) is 0 Å². The summed E-state index contributed by atoms with van der Waals surface area (Å²) < 4.78 is 28.0. The molecule has 3 N–H and O–H groups in total. The van der Waals surface area contributed by atoms with Crippen LogP contribution in [0.2, 0.25) is 0 Å². The molecule has 0 bridgehead atoms. The number of hydrogen-bond acceptors (Lipinski definition) is 9. The number of anilines is 2. The first-order valence-corrected chi connectivity index (χ1v) is 9.65. The highest BCUT2D eigenvalue weighted by Gasteiger charge is 2.27. The normalized spacial score (nSPS) is 14.6. The number of pyridine rings is 2. The molecular formula is C22H24N4O5. The maximum absolute atomic E-state index is 6.18. The minimum Gasteiger partial charge on any atom is -0.495 e. The van der Waals surface area contributed by atoms with Gasteiger partial charge in [0, 0.05) is 30.4 Å². The van der Waals surface area contributed by atoms with Crippen LogP contribution in [0.15, 0.2) is 42.7 Å². The number of aromatic nitrogens is 2. The van der Waals surface area contributed by atoms with Crippen molar-refractivity contribution in [2.45, 2.75) is 12.6 Å². The third kappa shape index (κ3) is 4.35. The van der Waals surface area contributed by atoms with Crippen molar-refractivity contribution in [3.63, 3.8) is 0 Å². The number of nitrogens with zero attached hydrogens (tertiary/aromatic N) is 2. The Bertz CT molecular complexity index is 1040. The molecule has 31 heavy (non-hydrogen) atoms. The number of rotatable bonds is 7. The van der Waals surface area contributed by atoms with Crippen molar-refractivity contribution in [3.8, 4) is 28.9 Å². The van der Waals surface area contributed by atoms with Gasteiger partial charge < -0.3 is 34.7 Å². The molecule has 9 nitrogen and oxygen atoms in total. The third-order valence-corrected chi connectivity index (χ3v) is 4.88. The summed E-state index contributed by atoms with van der Waals surface area (Å²) in [6.07, 6.45) is 3.03. The Hall–Kier alpha value is -3.88. The fraction of sp³-hybridized carbons (Fsp3) is 0.273. The van der Waals surface area contributed by atoms with Crippen molar-refractivity contribution in [1.29, 1.82) is 0 Å². The van der Waals surface area contributed by atoms with Crippen LogP contribution in [0.4, 0.5) is 11.5 Å². The van der Waals surface area contributed by atoms with Crippen molar-refractivity contribution in [2.75, 3.05) is 39.0 Å². The second-order valence-electron chi connectivity index (χ2n) is 6.84. The maximum Gasteiger partial charge on any atom is 0.212 e. The Morgan fingerprint density at radius 2 is 1.94 bits per heavy atom. The van der Waals surface area contributed by atoms with E-state index in [1.807, 2.05) is 18.2 Å². The number of hydrogen-bond donors (Lipinski definition) is 2. The van der Waals surface area contributed by atoms with Crippen LogP contribution in [0, 0.1) is 0 Å². The quantitative estimate of drug-likeness (QED) is 0.591. The fourth-order valence-electron chi connectivity index (χ4n) is 3.22. The van der Waals surface area contributed by atoms with E-state index in [1.165, 1.54) is 0 Å². The van der Waals surface area contributed by atoms with E-state index in [0.717, 1.165) is 11.1 Å². The van der Waals surface area contributed by atoms with E-state index in [2.05, 4.69) is 15.3 Å². The number of benzene rings is 1. The van der Waals surface area contributed by atoms with Crippen LogP contribution in [0.25, 0.3) is 0 Å². The average Bonchev–Trinajstić information content (AvgIpc) is 2.82. The lowest BCUT2D eigenvalue weighted by molar-refractivity contribution is 0.0867. The van der Waals surface area contributed by atoms with Gasteiger partial charge in [0.15, 0.2) is 17.6 Å². The highest BCUT2D eigenvalue weighted by Crippen LogP contribution is 2.44. The number of fused-ring (bicyclic) bond motifs is 1. The van der Waals surface area contributed by atoms with Gasteiger partial charge >= 0.3 is 0 Å². The van der Waals surface area contributed by atoms with Gasteiger partial charge in [-0.1, -0.05) is 0 Å². The molecule has 0 amide bonds. The molecule has 2 aromatic heterocycles. The van der Waals surface area contributed by atoms with Crippen molar-refractivity contribution in [3.05, 3.63) is 53.9 Å². The van der Waals surface area contributed by atoms with E-state index in [1.54, 1.807) is 45.9 Å². The Kier molecular flexibility index (Phi) is 5.83. The van der Waals surface area contributed by atoms with E-state index in [4.69, 9.17) is 29.4 Å². The minimum atomic E-state index is -0.299. The van der Waals surface area contributed by atoms with Crippen LogP contribution in [-0.4, -0.2) is 37.9 Å². The van der Waals surface area contributed by atoms with Crippen LogP contribution in [-0.2, 0) is 6.54 Å². The summed E-state index contributed by atoms with van der Waals surface area (Å²) in [5.41, 5.74) is 8.35. The molecule has 1 unspecified atom stereocenters.